The maximum atomic E-state index is 9.01. The standard InChI is InChI=1S/C13H23N5O/c1-11-15-12(14-2)10-13(16-11)18-5-3-4-17(6-7-18)8-9-19/h10,19H,3-9H2,1-2H3,(H,14,15,16). The summed E-state index contributed by atoms with van der Waals surface area (Å²) in [6.45, 7) is 6.87. The Morgan fingerprint density at radius 2 is 2.11 bits per heavy atom. The SMILES string of the molecule is CNc1cc(N2CCCN(CCO)CC2)nc(C)n1. The largest absolute Gasteiger partial charge is 0.395 e. The van der Waals surface area contributed by atoms with Gasteiger partial charge in [0, 0.05) is 39.3 Å². The highest BCUT2D eigenvalue weighted by molar-refractivity contribution is 5.49. The monoisotopic (exact) mass is 265 g/mol. The molecule has 1 saturated heterocycles. The van der Waals surface area contributed by atoms with Gasteiger partial charge in [-0.15, -0.1) is 0 Å². The van der Waals surface area contributed by atoms with Crippen LogP contribution in [0.2, 0.25) is 0 Å². The lowest BCUT2D eigenvalue weighted by Gasteiger charge is -2.23. The Kier molecular flexibility index (Phi) is 4.93. The summed E-state index contributed by atoms with van der Waals surface area (Å²) >= 11 is 0. The summed E-state index contributed by atoms with van der Waals surface area (Å²) in [5.74, 6) is 2.64. The topological polar surface area (TPSA) is 64.5 Å². The smallest absolute Gasteiger partial charge is 0.134 e. The molecule has 0 radical (unpaired) electrons. The molecule has 2 N–H and O–H groups in total. The summed E-state index contributed by atoms with van der Waals surface area (Å²) in [7, 11) is 1.87. The van der Waals surface area contributed by atoms with E-state index in [0.29, 0.717) is 0 Å². The Hall–Kier alpha value is -1.40. The molecule has 0 aliphatic carbocycles. The zero-order chi connectivity index (χ0) is 13.7. The first kappa shape index (κ1) is 14.0. The third kappa shape index (κ3) is 3.78. The van der Waals surface area contributed by atoms with Gasteiger partial charge in [0.1, 0.15) is 17.5 Å². The first-order valence-corrected chi connectivity index (χ1v) is 6.84. The fraction of sp³-hybridized carbons (Fsp3) is 0.692. The van der Waals surface area contributed by atoms with Gasteiger partial charge in [0.05, 0.1) is 6.61 Å². The number of anilines is 2. The van der Waals surface area contributed by atoms with Gasteiger partial charge in [-0.05, 0) is 19.9 Å². The number of hydrogen-bond donors (Lipinski definition) is 2. The van der Waals surface area contributed by atoms with Gasteiger partial charge in [-0.1, -0.05) is 0 Å². The van der Waals surface area contributed by atoms with Crippen LogP contribution in [0, 0.1) is 6.92 Å². The lowest BCUT2D eigenvalue weighted by molar-refractivity contribution is 0.204. The fourth-order valence-corrected chi connectivity index (χ4v) is 2.41. The van der Waals surface area contributed by atoms with Crippen LogP contribution in [0.5, 0.6) is 0 Å². The molecule has 106 valence electrons. The van der Waals surface area contributed by atoms with Gasteiger partial charge >= 0.3 is 0 Å². The van der Waals surface area contributed by atoms with Crippen LogP contribution in [0.3, 0.4) is 0 Å². The van der Waals surface area contributed by atoms with Crippen molar-refractivity contribution in [1.82, 2.24) is 14.9 Å². The van der Waals surface area contributed by atoms with E-state index in [-0.39, 0.29) is 6.61 Å². The van der Waals surface area contributed by atoms with E-state index in [1.54, 1.807) is 0 Å². The number of aliphatic hydroxyl groups is 1. The average molecular weight is 265 g/mol. The highest BCUT2D eigenvalue weighted by Crippen LogP contribution is 2.17. The van der Waals surface area contributed by atoms with Crippen LogP contribution >= 0.6 is 0 Å². The van der Waals surface area contributed by atoms with Gasteiger partial charge in [0.2, 0.25) is 0 Å². The van der Waals surface area contributed by atoms with Crippen LogP contribution in [0.25, 0.3) is 0 Å². The van der Waals surface area contributed by atoms with Gasteiger partial charge < -0.3 is 15.3 Å². The van der Waals surface area contributed by atoms with Gasteiger partial charge in [-0.25, -0.2) is 9.97 Å². The maximum Gasteiger partial charge on any atom is 0.134 e. The second-order valence-corrected chi connectivity index (χ2v) is 4.81. The minimum atomic E-state index is 0.233. The number of rotatable bonds is 4. The summed E-state index contributed by atoms with van der Waals surface area (Å²) in [6, 6.07) is 1.99. The molecular weight excluding hydrogens is 242 g/mol. The quantitative estimate of drug-likeness (QED) is 0.818. The number of nitrogens with zero attached hydrogens (tertiary/aromatic N) is 4. The van der Waals surface area contributed by atoms with Crippen molar-refractivity contribution >= 4 is 11.6 Å². The zero-order valence-electron chi connectivity index (χ0n) is 11.8. The molecule has 0 spiro atoms. The van der Waals surface area contributed by atoms with Gasteiger partial charge in [-0.2, -0.15) is 0 Å². The van der Waals surface area contributed by atoms with E-state index in [0.717, 1.165) is 56.6 Å². The number of nitrogens with one attached hydrogen (secondary N) is 1. The van der Waals surface area contributed by atoms with E-state index in [9.17, 15) is 0 Å². The van der Waals surface area contributed by atoms with Gasteiger partial charge in [0.25, 0.3) is 0 Å². The summed E-state index contributed by atoms with van der Waals surface area (Å²) in [5.41, 5.74) is 0. The Labute approximate surface area is 114 Å². The van der Waals surface area contributed by atoms with Crippen LogP contribution in [0.15, 0.2) is 6.07 Å². The van der Waals surface area contributed by atoms with E-state index in [4.69, 9.17) is 5.11 Å². The summed E-state index contributed by atoms with van der Waals surface area (Å²) in [4.78, 5) is 13.4. The molecule has 19 heavy (non-hydrogen) atoms. The minimum absolute atomic E-state index is 0.233. The molecule has 1 fully saturated rings. The summed E-state index contributed by atoms with van der Waals surface area (Å²) in [5, 5.41) is 12.1. The lowest BCUT2D eigenvalue weighted by atomic mass is 10.3. The molecule has 0 bridgehead atoms. The van der Waals surface area contributed by atoms with Crippen molar-refractivity contribution in [2.45, 2.75) is 13.3 Å². The molecule has 2 heterocycles. The normalized spacial score (nSPS) is 17.3. The summed E-state index contributed by atoms with van der Waals surface area (Å²) in [6.07, 6.45) is 1.10. The van der Waals surface area contributed by atoms with Gasteiger partial charge in [-0.3, -0.25) is 4.90 Å². The van der Waals surface area contributed by atoms with E-state index in [2.05, 4.69) is 25.1 Å². The molecule has 0 atom stereocenters. The average Bonchev–Trinajstić information content (AvgIpc) is 2.64. The fourth-order valence-electron chi connectivity index (χ4n) is 2.41. The molecule has 6 heteroatoms. The van der Waals surface area contributed by atoms with Crippen molar-refractivity contribution in [2.24, 2.45) is 0 Å². The van der Waals surface area contributed by atoms with Crippen LogP contribution < -0.4 is 10.2 Å². The summed E-state index contributed by atoms with van der Waals surface area (Å²) < 4.78 is 0. The Morgan fingerprint density at radius 3 is 2.84 bits per heavy atom. The number of aliphatic hydroxyl groups excluding tert-OH is 1. The highest BCUT2D eigenvalue weighted by atomic mass is 16.3. The van der Waals surface area contributed by atoms with E-state index in [1.807, 2.05) is 20.0 Å². The molecule has 0 unspecified atom stereocenters. The third-order valence-electron chi connectivity index (χ3n) is 3.41. The van der Waals surface area contributed by atoms with Crippen LogP contribution in [0.1, 0.15) is 12.2 Å². The molecule has 1 aromatic rings. The molecular formula is C13H23N5O. The van der Waals surface area contributed by atoms with Crippen molar-refractivity contribution < 1.29 is 5.11 Å². The highest BCUT2D eigenvalue weighted by Gasteiger charge is 2.16. The van der Waals surface area contributed by atoms with Crippen molar-refractivity contribution in [1.29, 1.82) is 0 Å². The van der Waals surface area contributed by atoms with Crippen LogP contribution in [-0.4, -0.2) is 66.4 Å². The van der Waals surface area contributed by atoms with Crippen molar-refractivity contribution in [3.8, 4) is 0 Å². The number of aromatic nitrogens is 2. The van der Waals surface area contributed by atoms with E-state index >= 15 is 0 Å². The first-order valence-electron chi connectivity index (χ1n) is 6.84. The van der Waals surface area contributed by atoms with Crippen molar-refractivity contribution in [2.75, 3.05) is 56.6 Å². The second kappa shape index (κ2) is 6.68. The second-order valence-electron chi connectivity index (χ2n) is 4.81. The molecule has 1 aromatic heterocycles. The number of β-amino-alcohol motifs (C(OH)–C–C–N with tert-alkyl or cyclic N) is 1. The Bertz CT molecular complexity index is 412. The molecule has 0 saturated carbocycles. The lowest BCUT2D eigenvalue weighted by Crippen LogP contribution is -2.32. The van der Waals surface area contributed by atoms with E-state index in [1.165, 1.54) is 0 Å². The van der Waals surface area contributed by atoms with Crippen molar-refractivity contribution in [3.63, 3.8) is 0 Å². The number of hydrogen-bond acceptors (Lipinski definition) is 6. The molecule has 2 rings (SSSR count). The predicted octanol–water partition coefficient (Wildman–Crippen LogP) is 0.331. The minimum Gasteiger partial charge on any atom is -0.395 e. The molecule has 0 amide bonds. The number of aryl methyl sites for hydroxylation is 1. The molecule has 1 aliphatic heterocycles. The Balaban J connectivity index is 2.07. The zero-order valence-corrected chi connectivity index (χ0v) is 11.8. The van der Waals surface area contributed by atoms with Crippen molar-refractivity contribution in [3.05, 3.63) is 11.9 Å². The van der Waals surface area contributed by atoms with Crippen LogP contribution in [0.4, 0.5) is 11.6 Å². The molecule has 1 aliphatic rings. The van der Waals surface area contributed by atoms with Gasteiger partial charge in [0.15, 0.2) is 0 Å². The molecule has 6 nitrogen and oxygen atoms in total. The maximum absolute atomic E-state index is 9.01. The van der Waals surface area contributed by atoms with Crippen LogP contribution in [-0.2, 0) is 0 Å². The predicted molar refractivity (Wildman–Crippen MR) is 76.7 cm³/mol. The first-order chi connectivity index (χ1) is 9.22. The third-order valence-corrected chi connectivity index (χ3v) is 3.41. The molecule has 0 aromatic carbocycles. The van der Waals surface area contributed by atoms with E-state index < -0.39 is 0 Å². The Morgan fingerprint density at radius 1 is 1.26 bits per heavy atom.